The number of amides is 2. The van der Waals surface area contributed by atoms with E-state index in [1.165, 1.54) is 44.3 Å². The number of benzene rings is 2. The van der Waals surface area contributed by atoms with Crippen molar-refractivity contribution in [3.8, 4) is 0 Å². The Morgan fingerprint density at radius 3 is 2.20 bits per heavy atom. The Hall–Kier alpha value is -3.01. The molecule has 0 fully saturated rings. The van der Waals surface area contributed by atoms with Crippen LogP contribution >= 0.6 is 0 Å². The summed E-state index contributed by atoms with van der Waals surface area (Å²) in [4.78, 5) is 26.3. The van der Waals surface area contributed by atoms with Crippen molar-refractivity contribution >= 4 is 27.5 Å². The molecule has 0 radical (unpaired) electrons. The highest BCUT2D eigenvalue weighted by Gasteiger charge is 2.30. The third kappa shape index (κ3) is 5.76. The van der Waals surface area contributed by atoms with Crippen LogP contribution in [0, 0.1) is 11.6 Å². The molecule has 0 spiro atoms. The molecule has 0 saturated carbocycles. The average Bonchev–Trinajstić information content (AvgIpc) is 2.70. The second kappa shape index (κ2) is 9.66. The topological polar surface area (TPSA) is 86.8 Å². The zero-order chi connectivity index (χ0) is 22.5. The number of nitrogens with one attached hydrogen (secondary N) is 1. The quantitative estimate of drug-likeness (QED) is 0.681. The van der Waals surface area contributed by atoms with Crippen LogP contribution in [0.25, 0.3) is 0 Å². The molecule has 0 bridgehead atoms. The van der Waals surface area contributed by atoms with Crippen LogP contribution in [0.5, 0.6) is 0 Å². The third-order valence-electron chi connectivity index (χ3n) is 4.51. The van der Waals surface area contributed by atoms with Gasteiger partial charge in [-0.25, -0.2) is 17.2 Å². The number of hydrogen-bond donors (Lipinski definition) is 1. The number of halogens is 2. The average molecular weight is 439 g/mol. The Balaban J connectivity index is 2.38. The molecular weight excluding hydrogens is 416 g/mol. The zero-order valence-electron chi connectivity index (χ0n) is 16.8. The number of likely N-dealkylation sites (N-methyl/N-ethyl adjacent to an activating group) is 1. The minimum atomic E-state index is -3.90. The van der Waals surface area contributed by atoms with Gasteiger partial charge in [0.2, 0.25) is 21.8 Å². The SMILES string of the molecule is CNC(=O)[C@H](C)N(Cc1ccccc1F)C(=O)CN(c1ccc(F)cc1)S(C)(=O)=O. The van der Waals surface area contributed by atoms with Crippen molar-refractivity contribution in [2.45, 2.75) is 19.5 Å². The van der Waals surface area contributed by atoms with E-state index < -0.39 is 46.1 Å². The van der Waals surface area contributed by atoms with Gasteiger partial charge in [-0.05, 0) is 37.3 Å². The molecule has 0 heterocycles. The minimum absolute atomic E-state index is 0.0886. The van der Waals surface area contributed by atoms with E-state index in [-0.39, 0.29) is 17.8 Å². The fourth-order valence-corrected chi connectivity index (χ4v) is 3.67. The van der Waals surface area contributed by atoms with Crippen LogP contribution in [-0.4, -0.2) is 51.0 Å². The molecule has 0 aliphatic heterocycles. The van der Waals surface area contributed by atoms with Gasteiger partial charge in [-0.3, -0.25) is 13.9 Å². The van der Waals surface area contributed by atoms with E-state index >= 15 is 0 Å². The van der Waals surface area contributed by atoms with Crippen molar-refractivity contribution in [1.29, 1.82) is 0 Å². The lowest BCUT2D eigenvalue weighted by Crippen LogP contribution is -2.50. The number of carbonyl (C=O) groups excluding carboxylic acids is 2. The third-order valence-corrected chi connectivity index (χ3v) is 5.65. The monoisotopic (exact) mass is 439 g/mol. The first-order valence-electron chi connectivity index (χ1n) is 9.02. The lowest BCUT2D eigenvalue weighted by molar-refractivity contribution is -0.139. The summed E-state index contributed by atoms with van der Waals surface area (Å²) in [6.45, 7) is 0.585. The molecule has 0 aliphatic carbocycles. The van der Waals surface area contributed by atoms with Gasteiger partial charge in [0.25, 0.3) is 0 Å². The smallest absolute Gasteiger partial charge is 0.244 e. The van der Waals surface area contributed by atoms with E-state index in [1.807, 2.05) is 0 Å². The lowest BCUT2D eigenvalue weighted by Gasteiger charge is -2.31. The predicted molar refractivity (Wildman–Crippen MR) is 109 cm³/mol. The zero-order valence-corrected chi connectivity index (χ0v) is 17.6. The van der Waals surface area contributed by atoms with E-state index in [4.69, 9.17) is 0 Å². The summed E-state index contributed by atoms with van der Waals surface area (Å²) in [6, 6.07) is 9.39. The first-order chi connectivity index (χ1) is 14.0. The standard InChI is InChI=1S/C20H23F2N3O4S/c1-14(20(27)23-2)24(12-15-6-4-5-7-18(15)22)19(26)13-25(30(3,28)29)17-10-8-16(21)9-11-17/h4-11,14H,12-13H2,1-3H3,(H,23,27)/t14-/m0/s1. The largest absolute Gasteiger partial charge is 0.357 e. The maximum absolute atomic E-state index is 14.1. The summed E-state index contributed by atoms with van der Waals surface area (Å²) in [5.41, 5.74) is 0.264. The second-order valence-corrected chi connectivity index (χ2v) is 8.56. The highest BCUT2D eigenvalue weighted by atomic mass is 32.2. The molecule has 0 saturated heterocycles. The normalized spacial score (nSPS) is 12.2. The van der Waals surface area contributed by atoms with E-state index in [0.717, 1.165) is 27.6 Å². The molecule has 2 amide bonds. The van der Waals surface area contributed by atoms with Crippen molar-refractivity contribution in [1.82, 2.24) is 10.2 Å². The maximum atomic E-state index is 14.1. The Bertz CT molecular complexity index is 1010. The summed E-state index contributed by atoms with van der Waals surface area (Å²) >= 11 is 0. The molecule has 1 N–H and O–H groups in total. The number of rotatable bonds is 8. The number of hydrogen-bond acceptors (Lipinski definition) is 4. The Morgan fingerprint density at radius 1 is 1.07 bits per heavy atom. The molecule has 30 heavy (non-hydrogen) atoms. The van der Waals surface area contributed by atoms with Crippen LogP contribution in [0.1, 0.15) is 12.5 Å². The lowest BCUT2D eigenvalue weighted by atomic mass is 10.1. The van der Waals surface area contributed by atoms with Gasteiger partial charge in [-0.2, -0.15) is 0 Å². The van der Waals surface area contributed by atoms with Gasteiger partial charge in [0.05, 0.1) is 11.9 Å². The summed E-state index contributed by atoms with van der Waals surface area (Å²) in [6.07, 6.45) is 0.910. The molecule has 0 unspecified atom stereocenters. The van der Waals surface area contributed by atoms with Crippen LogP contribution in [0.4, 0.5) is 14.5 Å². The molecule has 2 rings (SSSR count). The van der Waals surface area contributed by atoms with Crippen LogP contribution in [0.15, 0.2) is 48.5 Å². The molecule has 10 heteroatoms. The van der Waals surface area contributed by atoms with Gasteiger partial charge in [0.15, 0.2) is 0 Å². The summed E-state index contributed by atoms with van der Waals surface area (Å²) in [5, 5.41) is 2.42. The Morgan fingerprint density at radius 2 is 1.67 bits per heavy atom. The fraction of sp³-hybridized carbons (Fsp3) is 0.300. The van der Waals surface area contributed by atoms with Crippen LogP contribution in [-0.2, 0) is 26.2 Å². The fourth-order valence-electron chi connectivity index (χ4n) is 2.82. The number of anilines is 1. The van der Waals surface area contributed by atoms with Crippen molar-refractivity contribution in [3.63, 3.8) is 0 Å². The van der Waals surface area contributed by atoms with Gasteiger partial charge < -0.3 is 10.2 Å². The first-order valence-corrected chi connectivity index (χ1v) is 10.9. The summed E-state index contributed by atoms with van der Waals surface area (Å²) in [7, 11) is -2.51. The van der Waals surface area contributed by atoms with Crippen LogP contribution < -0.4 is 9.62 Å². The van der Waals surface area contributed by atoms with E-state index in [1.54, 1.807) is 6.07 Å². The summed E-state index contributed by atoms with van der Waals surface area (Å²) in [5.74, 6) is -2.33. The molecule has 7 nitrogen and oxygen atoms in total. The van der Waals surface area contributed by atoms with Crippen molar-refractivity contribution in [2.24, 2.45) is 0 Å². The molecule has 2 aromatic rings. The van der Waals surface area contributed by atoms with E-state index in [0.29, 0.717) is 0 Å². The van der Waals surface area contributed by atoms with Gasteiger partial charge in [0.1, 0.15) is 24.2 Å². The van der Waals surface area contributed by atoms with Gasteiger partial charge >= 0.3 is 0 Å². The number of sulfonamides is 1. The molecule has 162 valence electrons. The molecule has 1 atom stereocenters. The van der Waals surface area contributed by atoms with Crippen LogP contribution in [0.3, 0.4) is 0 Å². The highest BCUT2D eigenvalue weighted by Crippen LogP contribution is 2.20. The first kappa shape index (κ1) is 23.3. The minimum Gasteiger partial charge on any atom is -0.357 e. The van der Waals surface area contributed by atoms with Gasteiger partial charge in [0, 0.05) is 19.2 Å². The van der Waals surface area contributed by atoms with Crippen molar-refractivity contribution < 1.29 is 26.8 Å². The number of nitrogens with zero attached hydrogens (tertiary/aromatic N) is 2. The predicted octanol–water partition coefficient (Wildman–Crippen LogP) is 1.89. The van der Waals surface area contributed by atoms with Crippen molar-refractivity contribution in [2.75, 3.05) is 24.2 Å². The molecule has 0 aliphatic rings. The maximum Gasteiger partial charge on any atom is 0.244 e. The second-order valence-electron chi connectivity index (χ2n) is 6.65. The van der Waals surface area contributed by atoms with E-state index in [2.05, 4.69) is 5.32 Å². The highest BCUT2D eigenvalue weighted by molar-refractivity contribution is 7.92. The molecule has 0 aromatic heterocycles. The van der Waals surface area contributed by atoms with Crippen molar-refractivity contribution in [3.05, 3.63) is 65.7 Å². The van der Waals surface area contributed by atoms with Crippen LogP contribution in [0.2, 0.25) is 0 Å². The Labute approximate surface area is 174 Å². The van der Waals surface area contributed by atoms with E-state index in [9.17, 15) is 26.8 Å². The molecular formula is C20H23F2N3O4S. The summed E-state index contributed by atoms with van der Waals surface area (Å²) < 4.78 is 52.7. The van der Waals surface area contributed by atoms with Gasteiger partial charge in [-0.1, -0.05) is 18.2 Å². The molecule has 2 aromatic carbocycles. The van der Waals surface area contributed by atoms with Gasteiger partial charge in [-0.15, -0.1) is 0 Å². The number of carbonyl (C=O) groups is 2. The Kier molecular flexibility index (Phi) is 7.49.